The summed E-state index contributed by atoms with van der Waals surface area (Å²) in [6.45, 7) is 1.21. The lowest BCUT2D eigenvalue weighted by Gasteiger charge is -2.19. The highest BCUT2D eigenvalue weighted by atomic mass is 35.5. The maximum atomic E-state index is 12.9. The number of hydrogen-bond acceptors (Lipinski definition) is 7. The van der Waals surface area contributed by atoms with Gasteiger partial charge in [-0.3, -0.25) is 0 Å². The van der Waals surface area contributed by atoms with Crippen LogP contribution in [0.3, 0.4) is 0 Å². The summed E-state index contributed by atoms with van der Waals surface area (Å²) in [6.07, 6.45) is 0.383. The summed E-state index contributed by atoms with van der Waals surface area (Å²) >= 11 is 12.0. The van der Waals surface area contributed by atoms with Crippen LogP contribution in [0, 0.1) is 0 Å². The fraction of sp³-hybridized carbons (Fsp3) is 0.455. The first-order valence-electron chi connectivity index (χ1n) is 10.4. The van der Waals surface area contributed by atoms with Crippen LogP contribution >= 0.6 is 31.5 Å². The number of benzene rings is 2. The average Bonchev–Trinajstić information content (AvgIpc) is 3.48. The third-order valence-corrected chi connectivity index (χ3v) is 6.21. The predicted octanol–water partition coefficient (Wildman–Crippen LogP) is 6.69. The van der Waals surface area contributed by atoms with Crippen molar-refractivity contribution in [2.75, 3.05) is 13.2 Å². The molecule has 4 rings (SSSR count). The molecular weight excluding hydrogens is 478 g/mol. The highest BCUT2D eigenvalue weighted by Crippen LogP contribution is 2.41. The van der Waals surface area contributed by atoms with Gasteiger partial charge in [-0.25, -0.2) is 0 Å². The minimum atomic E-state index is -2.64. The van der Waals surface area contributed by atoms with E-state index in [1.54, 1.807) is 48.5 Å². The Labute approximate surface area is 197 Å². The van der Waals surface area contributed by atoms with Crippen molar-refractivity contribution in [3.05, 3.63) is 69.7 Å². The number of halogens is 2. The third kappa shape index (κ3) is 6.94. The molecule has 0 aliphatic carbocycles. The first kappa shape index (κ1) is 24.0. The van der Waals surface area contributed by atoms with Crippen molar-refractivity contribution in [3.8, 4) is 0 Å². The second-order valence-electron chi connectivity index (χ2n) is 7.36. The lowest BCUT2D eigenvalue weighted by atomic mass is 10.2. The maximum Gasteiger partial charge on any atom is 0.703 e. The molecule has 32 heavy (non-hydrogen) atoms. The zero-order chi connectivity index (χ0) is 22.3. The molecule has 0 radical (unpaired) electrons. The van der Waals surface area contributed by atoms with Crippen LogP contribution in [0.4, 0.5) is 0 Å². The summed E-state index contributed by atoms with van der Waals surface area (Å²) in [5, 5.41) is 1.14. The topological polar surface area (TPSA) is 72.5 Å². The molecule has 2 fully saturated rings. The molecule has 2 aromatic carbocycles. The Morgan fingerprint density at radius 1 is 0.750 bits per heavy atom. The lowest BCUT2D eigenvalue weighted by molar-refractivity contribution is -0.220. The molecule has 2 aliphatic rings. The molecule has 0 bridgehead atoms. The highest BCUT2D eigenvalue weighted by Gasteiger charge is 2.38. The Balaban J connectivity index is 1.46. The van der Waals surface area contributed by atoms with Crippen LogP contribution in [0.1, 0.15) is 49.4 Å². The molecule has 4 atom stereocenters. The SMILES string of the molecule is O=[P+](OC(OC1CCCO1)c1ccc(Cl)cc1)OC(OC1CCCO1)c1ccc(Cl)cc1. The van der Waals surface area contributed by atoms with Crippen molar-refractivity contribution >= 4 is 31.5 Å². The highest BCUT2D eigenvalue weighted by molar-refractivity contribution is 7.33. The van der Waals surface area contributed by atoms with Gasteiger partial charge in [0.2, 0.25) is 12.6 Å². The molecule has 10 heteroatoms. The molecule has 172 valence electrons. The smallest absolute Gasteiger partial charge is 0.353 e. The molecule has 0 saturated carbocycles. The molecule has 0 spiro atoms. The van der Waals surface area contributed by atoms with Gasteiger partial charge in [0, 0.05) is 51.8 Å². The predicted molar refractivity (Wildman–Crippen MR) is 118 cm³/mol. The van der Waals surface area contributed by atoms with E-state index in [0.717, 1.165) is 25.7 Å². The van der Waals surface area contributed by atoms with Crippen molar-refractivity contribution in [1.29, 1.82) is 0 Å². The monoisotopic (exact) mass is 501 g/mol. The molecule has 0 amide bonds. The van der Waals surface area contributed by atoms with Gasteiger partial charge in [0.15, 0.2) is 12.6 Å². The van der Waals surface area contributed by atoms with E-state index in [1.165, 1.54) is 0 Å². The molecule has 7 nitrogen and oxygen atoms in total. The van der Waals surface area contributed by atoms with Crippen molar-refractivity contribution < 1.29 is 32.6 Å². The summed E-state index contributed by atoms with van der Waals surface area (Å²) in [5.41, 5.74) is 1.28. The van der Waals surface area contributed by atoms with Gasteiger partial charge in [0.05, 0.1) is 0 Å². The Morgan fingerprint density at radius 3 is 1.50 bits per heavy atom. The molecule has 4 unspecified atom stereocenters. The zero-order valence-corrected chi connectivity index (χ0v) is 19.6. The Bertz CT molecular complexity index is 797. The van der Waals surface area contributed by atoms with Crippen LogP contribution in [0.2, 0.25) is 10.0 Å². The second-order valence-corrected chi connectivity index (χ2v) is 9.10. The van der Waals surface area contributed by atoms with Crippen molar-refractivity contribution in [2.24, 2.45) is 0 Å². The zero-order valence-electron chi connectivity index (χ0n) is 17.2. The molecule has 0 N–H and O–H groups in total. The minimum Gasteiger partial charge on any atom is -0.353 e. The van der Waals surface area contributed by atoms with Crippen molar-refractivity contribution in [2.45, 2.75) is 50.8 Å². The van der Waals surface area contributed by atoms with Crippen LogP contribution in [-0.4, -0.2) is 25.8 Å². The van der Waals surface area contributed by atoms with Gasteiger partial charge in [-0.2, -0.15) is 0 Å². The summed E-state index contributed by atoms with van der Waals surface area (Å²) in [6, 6.07) is 13.8. The first-order valence-corrected chi connectivity index (χ1v) is 12.3. The maximum absolute atomic E-state index is 12.9. The van der Waals surface area contributed by atoms with E-state index in [0.29, 0.717) is 34.4 Å². The Hall–Kier alpha value is -1.12. The van der Waals surface area contributed by atoms with Gasteiger partial charge < -0.3 is 18.9 Å². The van der Waals surface area contributed by atoms with Crippen LogP contribution in [0.25, 0.3) is 0 Å². The third-order valence-electron chi connectivity index (χ3n) is 4.97. The van der Waals surface area contributed by atoms with Crippen molar-refractivity contribution in [3.63, 3.8) is 0 Å². The summed E-state index contributed by atoms with van der Waals surface area (Å²) in [4.78, 5) is 0. The summed E-state index contributed by atoms with van der Waals surface area (Å²) in [7, 11) is -2.64. The van der Waals surface area contributed by atoms with Gasteiger partial charge in [-0.05, 0) is 37.1 Å². The molecule has 2 heterocycles. The Morgan fingerprint density at radius 2 is 1.16 bits per heavy atom. The second kappa shape index (κ2) is 11.8. The quantitative estimate of drug-likeness (QED) is 0.265. The molecule has 0 aromatic heterocycles. The van der Waals surface area contributed by atoms with Gasteiger partial charge in [0.1, 0.15) is 0 Å². The van der Waals surface area contributed by atoms with Crippen molar-refractivity contribution in [1.82, 2.24) is 0 Å². The first-order chi connectivity index (χ1) is 15.6. The van der Waals surface area contributed by atoms with Crippen LogP contribution < -0.4 is 0 Å². The average molecular weight is 502 g/mol. The molecule has 2 aromatic rings. The summed E-state index contributed by atoms with van der Waals surface area (Å²) < 4.78 is 47.2. The van der Waals surface area contributed by atoms with Gasteiger partial charge >= 0.3 is 8.25 Å². The summed E-state index contributed by atoms with van der Waals surface area (Å²) in [5.74, 6) is 0. The van der Waals surface area contributed by atoms with E-state index >= 15 is 0 Å². The number of ether oxygens (including phenoxy) is 4. The van der Waals surface area contributed by atoms with Crippen LogP contribution in [-0.2, 0) is 32.6 Å². The lowest BCUT2D eigenvalue weighted by Crippen LogP contribution is -2.18. The van der Waals surface area contributed by atoms with E-state index in [9.17, 15) is 4.57 Å². The number of hydrogen-bond donors (Lipinski definition) is 0. The van der Waals surface area contributed by atoms with Gasteiger partial charge in [-0.1, -0.05) is 56.5 Å². The normalized spacial score (nSPS) is 23.2. The number of rotatable bonds is 10. The van der Waals surface area contributed by atoms with E-state index in [4.69, 9.17) is 51.2 Å². The fourth-order valence-electron chi connectivity index (χ4n) is 3.34. The minimum absolute atomic E-state index is 0.450. The van der Waals surface area contributed by atoms with Gasteiger partial charge in [0.25, 0.3) is 0 Å². The largest absolute Gasteiger partial charge is 0.703 e. The van der Waals surface area contributed by atoms with E-state index in [2.05, 4.69) is 0 Å². The van der Waals surface area contributed by atoms with Gasteiger partial charge in [-0.15, -0.1) is 0 Å². The fourth-order valence-corrected chi connectivity index (χ4v) is 4.29. The van der Waals surface area contributed by atoms with Crippen LogP contribution in [0.5, 0.6) is 0 Å². The van der Waals surface area contributed by atoms with E-state index in [-0.39, 0.29) is 0 Å². The molecule has 2 saturated heterocycles. The van der Waals surface area contributed by atoms with Crippen LogP contribution in [0.15, 0.2) is 48.5 Å². The van der Waals surface area contributed by atoms with E-state index in [1.807, 2.05) is 0 Å². The molecular formula is C22H24Cl2O7P+. The molecule has 2 aliphatic heterocycles. The van der Waals surface area contributed by atoms with E-state index < -0.39 is 33.4 Å². The Kier molecular flexibility index (Phi) is 8.89. The standard InChI is InChI=1S/C22H24Cl2O7P/c23-17-9-5-15(6-10-17)21(28-19-3-1-13-26-19)30-32(25)31-22(29-20-4-2-14-27-20)16-7-11-18(24)12-8-16/h5-12,19-22H,1-4,13-14H2/q+1.